The molecule has 0 aliphatic heterocycles. The Kier molecular flexibility index (Phi) is 12.9. The number of carbonyl (C=O) groups is 1. The Hall–Kier alpha value is -1.97. The van der Waals surface area contributed by atoms with Crippen LogP contribution in [0.2, 0.25) is 0 Å². The van der Waals surface area contributed by atoms with E-state index in [9.17, 15) is 20.1 Å². The molecule has 0 atom stereocenters. The Balaban J connectivity index is 1.98. The van der Waals surface area contributed by atoms with Crippen LogP contribution < -0.4 is 0 Å². The molecule has 4 nitrogen and oxygen atoms in total. The fraction of sp³-hybridized carbons (Fsp3) is 0.625. The van der Waals surface area contributed by atoms with Gasteiger partial charge in [0.15, 0.2) is 5.78 Å². The number of carbonyl (C=O) groups excluding carboxylic acids is 1. The highest BCUT2D eigenvalue weighted by atomic mass is 16.3. The molecule has 0 bridgehead atoms. The van der Waals surface area contributed by atoms with Crippen molar-refractivity contribution in [1.29, 1.82) is 0 Å². The number of benzene rings is 1. The van der Waals surface area contributed by atoms with E-state index in [2.05, 4.69) is 19.1 Å². The predicted molar refractivity (Wildman–Crippen MR) is 115 cm³/mol. The fourth-order valence-electron chi connectivity index (χ4n) is 3.35. The van der Waals surface area contributed by atoms with Crippen molar-refractivity contribution >= 4 is 5.78 Å². The summed E-state index contributed by atoms with van der Waals surface area (Å²) >= 11 is 0. The zero-order valence-corrected chi connectivity index (χ0v) is 17.5. The largest absolute Gasteiger partial charge is 0.508 e. The number of ketones is 1. The Bertz CT molecular complexity index is 569. The molecule has 0 fully saturated rings. The van der Waals surface area contributed by atoms with Crippen molar-refractivity contribution in [3.05, 3.63) is 29.8 Å². The summed E-state index contributed by atoms with van der Waals surface area (Å²) in [4.78, 5) is 12.1. The van der Waals surface area contributed by atoms with Crippen LogP contribution >= 0.6 is 0 Å². The summed E-state index contributed by atoms with van der Waals surface area (Å²) in [5.41, 5.74) is -0.0852. The number of Topliss-reactive ketones (excluding diaryl/α,β-unsaturated/α-hetero) is 1. The van der Waals surface area contributed by atoms with Crippen LogP contribution in [0.25, 0.3) is 0 Å². The minimum Gasteiger partial charge on any atom is -0.508 e. The molecule has 1 rings (SSSR count). The maximum absolute atomic E-state index is 12.1. The van der Waals surface area contributed by atoms with Crippen LogP contribution in [0, 0.1) is 0 Å². The van der Waals surface area contributed by atoms with Crippen molar-refractivity contribution < 1.29 is 20.1 Å². The fourth-order valence-corrected chi connectivity index (χ4v) is 3.35. The highest BCUT2D eigenvalue weighted by Crippen LogP contribution is 2.33. The second-order valence-electron chi connectivity index (χ2n) is 7.62. The number of phenolic OH excluding ortho intramolecular Hbond substituents is 3. The van der Waals surface area contributed by atoms with Crippen molar-refractivity contribution in [3.8, 4) is 17.2 Å². The van der Waals surface area contributed by atoms with Crippen molar-refractivity contribution in [1.82, 2.24) is 0 Å². The second kappa shape index (κ2) is 15.0. The molecule has 1 aromatic rings. The molecule has 0 aliphatic rings. The molecule has 0 aliphatic carbocycles. The van der Waals surface area contributed by atoms with Gasteiger partial charge in [0.1, 0.15) is 22.8 Å². The molecule has 0 unspecified atom stereocenters. The van der Waals surface area contributed by atoms with E-state index in [4.69, 9.17) is 0 Å². The molecule has 0 saturated carbocycles. The van der Waals surface area contributed by atoms with Crippen molar-refractivity contribution in [2.45, 2.75) is 96.8 Å². The minimum atomic E-state index is -0.362. The van der Waals surface area contributed by atoms with Crippen LogP contribution in [-0.4, -0.2) is 21.1 Å². The van der Waals surface area contributed by atoms with E-state index in [1.165, 1.54) is 64.2 Å². The maximum atomic E-state index is 12.1. The number of phenols is 3. The Morgan fingerprint density at radius 1 is 0.750 bits per heavy atom. The molecule has 28 heavy (non-hydrogen) atoms. The third-order valence-corrected chi connectivity index (χ3v) is 5.03. The molecular formula is C24H38O4. The van der Waals surface area contributed by atoms with Crippen LogP contribution in [0.1, 0.15) is 107 Å². The number of hydrogen-bond donors (Lipinski definition) is 3. The Morgan fingerprint density at radius 2 is 1.21 bits per heavy atom. The van der Waals surface area contributed by atoms with Crippen LogP contribution in [0.3, 0.4) is 0 Å². The van der Waals surface area contributed by atoms with Gasteiger partial charge in [-0.25, -0.2) is 0 Å². The van der Waals surface area contributed by atoms with E-state index in [-0.39, 0.29) is 28.6 Å². The lowest BCUT2D eigenvalue weighted by Gasteiger charge is -2.07. The van der Waals surface area contributed by atoms with Gasteiger partial charge in [-0.2, -0.15) is 0 Å². The zero-order valence-electron chi connectivity index (χ0n) is 17.5. The summed E-state index contributed by atoms with van der Waals surface area (Å²) < 4.78 is 0. The summed E-state index contributed by atoms with van der Waals surface area (Å²) in [6.45, 7) is 2.22. The molecule has 0 heterocycles. The molecular weight excluding hydrogens is 352 g/mol. The van der Waals surface area contributed by atoms with E-state index in [0.29, 0.717) is 6.42 Å². The third-order valence-electron chi connectivity index (χ3n) is 5.03. The van der Waals surface area contributed by atoms with Crippen LogP contribution in [0.15, 0.2) is 24.3 Å². The molecule has 0 aromatic heterocycles. The molecule has 1 aromatic carbocycles. The average Bonchev–Trinajstić information content (AvgIpc) is 2.64. The van der Waals surface area contributed by atoms with Gasteiger partial charge in [-0.15, -0.1) is 0 Å². The smallest absolute Gasteiger partial charge is 0.170 e. The first-order valence-corrected chi connectivity index (χ1v) is 11.0. The van der Waals surface area contributed by atoms with E-state index in [0.717, 1.165) is 31.4 Å². The molecule has 158 valence electrons. The van der Waals surface area contributed by atoms with Gasteiger partial charge in [0.25, 0.3) is 0 Å². The average molecular weight is 391 g/mol. The van der Waals surface area contributed by atoms with E-state index >= 15 is 0 Å². The lowest BCUT2D eigenvalue weighted by molar-refractivity contribution is 0.0973. The molecule has 0 radical (unpaired) electrons. The monoisotopic (exact) mass is 390 g/mol. The van der Waals surface area contributed by atoms with Crippen LogP contribution in [0.4, 0.5) is 0 Å². The van der Waals surface area contributed by atoms with E-state index < -0.39 is 0 Å². The first kappa shape index (κ1) is 24.1. The maximum Gasteiger partial charge on any atom is 0.170 e. The first-order valence-electron chi connectivity index (χ1n) is 11.0. The molecule has 4 heteroatoms. The molecule has 3 N–H and O–H groups in total. The van der Waals surface area contributed by atoms with Gasteiger partial charge in [0, 0.05) is 18.6 Å². The molecule has 0 amide bonds. The highest BCUT2D eigenvalue weighted by molar-refractivity contribution is 6.01. The van der Waals surface area contributed by atoms with Crippen LogP contribution in [-0.2, 0) is 0 Å². The number of hydrogen-bond acceptors (Lipinski definition) is 4. The summed E-state index contributed by atoms with van der Waals surface area (Å²) in [5, 5.41) is 28.7. The van der Waals surface area contributed by atoms with Crippen molar-refractivity contribution in [3.63, 3.8) is 0 Å². The number of allylic oxidation sites excluding steroid dienone is 2. The van der Waals surface area contributed by atoms with Gasteiger partial charge in [0.2, 0.25) is 0 Å². The lowest BCUT2D eigenvalue weighted by Crippen LogP contribution is -2.00. The summed E-state index contributed by atoms with van der Waals surface area (Å²) in [6.07, 6.45) is 20.4. The van der Waals surface area contributed by atoms with Gasteiger partial charge < -0.3 is 15.3 Å². The summed E-state index contributed by atoms with van der Waals surface area (Å²) in [5.74, 6) is -1.26. The normalized spacial score (nSPS) is 11.3. The Morgan fingerprint density at radius 3 is 1.75 bits per heavy atom. The first-order chi connectivity index (χ1) is 13.6. The standard InChI is InChI=1S/C24H38O4/c1-2-3-4-5-6-7-8-9-10-11-12-13-14-15-16-17-21(26)24-22(27)18-20(25)19-23(24)28/h5-6,18-19,25,27-28H,2-4,7-17H2,1H3. The van der Waals surface area contributed by atoms with Gasteiger partial charge in [-0.3, -0.25) is 4.79 Å². The number of unbranched alkanes of at least 4 members (excludes halogenated alkanes) is 11. The minimum absolute atomic E-state index is 0.0852. The topological polar surface area (TPSA) is 77.8 Å². The molecule has 0 spiro atoms. The molecule has 0 saturated heterocycles. The van der Waals surface area contributed by atoms with E-state index in [1.807, 2.05) is 0 Å². The predicted octanol–water partition coefficient (Wildman–Crippen LogP) is 7.02. The van der Waals surface area contributed by atoms with Gasteiger partial charge in [0.05, 0.1) is 0 Å². The van der Waals surface area contributed by atoms with Crippen molar-refractivity contribution in [2.24, 2.45) is 0 Å². The van der Waals surface area contributed by atoms with Gasteiger partial charge in [-0.1, -0.05) is 76.9 Å². The van der Waals surface area contributed by atoms with Gasteiger partial charge >= 0.3 is 0 Å². The van der Waals surface area contributed by atoms with E-state index in [1.54, 1.807) is 0 Å². The summed E-state index contributed by atoms with van der Waals surface area (Å²) in [7, 11) is 0. The number of rotatable bonds is 16. The SMILES string of the molecule is CCCCC=CCCCCCCCCCCCC(=O)c1c(O)cc(O)cc1O. The highest BCUT2D eigenvalue weighted by Gasteiger charge is 2.17. The third kappa shape index (κ3) is 10.4. The quantitative estimate of drug-likeness (QED) is 0.161. The van der Waals surface area contributed by atoms with Gasteiger partial charge in [-0.05, 0) is 25.7 Å². The Labute approximate surface area is 170 Å². The number of aromatic hydroxyl groups is 3. The second-order valence-corrected chi connectivity index (χ2v) is 7.62. The summed E-state index contributed by atoms with van der Waals surface area (Å²) in [6, 6.07) is 2.16. The van der Waals surface area contributed by atoms with Crippen molar-refractivity contribution in [2.75, 3.05) is 0 Å². The lowest BCUT2D eigenvalue weighted by atomic mass is 10.0. The zero-order chi connectivity index (χ0) is 20.6. The van der Waals surface area contributed by atoms with Crippen LogP contribution in [0.5, 0.6) is 17.2 Å².